The first-order valence-corrected chi connectivity index (χ1v) is 33.6. The standard InChI is InChI=1S/C18H14ClF2N4O2.C18H16ClN4O2.2C18H18ClN4O2.4Y/c1-24-17(26)25(23-22-24)15-7-4-5-11(13-9-18(13,20)21)12(15)10-27-16-8-3-2-6-14(16)19;1-22-18(24)23(21-20-22)16-7-4-5-13(12-9-10-12)14(16)11-25-17-8-3-2-6-15(17)19;1-12(2)13-7-6-9-16(23-18(24)22(3)20-21-23)14(13)11-25-17-10-5-4-8-15(17)19;1-3-7-13-8-6-10-16(23-18(24)22(2)20-21-23)14(13)12-25-17-11-5-4-9-15(17)19;;;;/h3-8,13H,9-10H2,1H3;3-8,12H,9-11H2,1H3;5-10,12H,11H2,1-3H3;5-6,8-11H,3,7,12H2,1-2H3;;;;/q4*-1;;;;. The second-order valence-corrected chi connectivity index (χ2v) is 25.5. The third-order valence-electron chi connectivity index (χ3n) is 16.6. The first-order valence-electron chi connectivity index (χ1n) is 32.1. The number of aryl methyl sites for hydroxylation is 5. The number of rotatable bonds is 21. The van der Waals surface area contributed by atoms with Gasteiger partial charge >= 0.3 is 22.8 Å². The van der Waals surface area contributed by atoms with Gasteiger partial charge in [-0.2, -0.15) is 157 Å². The number of tetrazole rings is 4. The van der Waals surface area contributed by atoms with Crippen molar-refractivity contribution in [2.75, 3.05) is 0 Å². The van der Waals surface area contributed by atoms with Crippen molar-refractivity contribution in [3.05, 3.63) is 276 Å². The van der Waals surface area contributed by atoms with Gasteiger partial charge in [-0.05, 0) is 139 Å². The van der Waals surface area contributed by atoms with E-state index in [1.165, 1.54) is 40.7 Å². The van der Waals surface area contributed by atoms with E-state index in [0.717, 1.165) is 62.9 Å². The van der Waals surface area contributed by atoms with Gasteiger partial charge in [0.05, 0.1) is 28.7 Å². The van der Waals surface area contributed by atoms with Crippen LogP contribution < -0.4 is 41.7 Å². The molecule has 1 unspecified atom stereocenters. The van der Waals surface area contributed by atoms with Gasteiger partial charge < -0.3 is 18.9 Å². The van der Waals surface area contributed by atoms with Gasteiger partial charge in [0.1, 0.15) is 26.4 Å². The van der Waals surface area contributed by atoms with Crippen LogP contribution in [0.2, 0.25) is 20.1 Å². The summed E-state index contributed by atoms with van der Waals surface area (Å²) in [5, 5.41) is 32.6. The second kappa shape index (κ2) is 40.0. The summed E-state index contributed by atoms with van der Waals surface area (Å²) in [6, 6.07) is 54.1. The molecule has 12 aromatic rings. The molecule has 1 atom stereocenters. The fourth-order valence-electron chi connectivity index (χ4n) is 11.0. The topological polar surface area (TPSA) is 248 Å². The summed E-state index contributed by atoms with van der Waals surface area (Å²) in [6.07, 6.45) is 3.91. The van der Waals surface area contributed by atoms with E-state index in [1.54, 1.807) is 112 Å². The van der Waals surface area contributed by atoms with Crippen molar-refractivity contribution < 1.29 is 159 Å². The molecule has 0 spiro atoms. The molecule has 540 valence electrons. The molecule has 0 bridgehead atoms. The van der Waals surface area contributed by atoms with Crippen molar-refractivity contribution in [3.8, 4) is 45.7 Å². The molecule has 2 aliphatic rings. The molecule has 0 N–H and O–H groups in total. The molecule has 2 fully saturated rings. The number of halogens is 6. The Morgan fingerprint density at radius 3 is 1.08 bits per heavy atom. The Kier molecular flexibility index (Phi) is 32.9. The van der Waals surface area contributed by atoms with Crippen molar-refractivity contribution in [3.63, 3.8) is 0 Å². The van der Waals surface area contributed by atoms with Gasteiger partial charge in [-0.25, -0.2) is 28.0 Å². The molecule has 4 aromatic heterocycles. The number of hydrogen-bond acceptors (Lipinski definition) is 16. The van der Waals surface area contributed by atoms with E-state index in [1.807, 2.05) is 48.5 Å². The van der Waals surface area contributed by atoms with Gasteiger partial charge in [0.15, 0.2) is 0 Å². The SMILES string of the molecule is CC(C)c1cccc(-n2nnn(C)c2=O)c1COc1cc[c-]cc1Cl.CCCc1cccc(-n2nnn(C)c2=O)c1COc1cc[c-]cc1Cl.Cn1nnn(-c2cccc(C3CC3(F)F)c2COc2cc[c-]cc2Cl)c1=O.Cn1nnn(-c2cccc(C3CC3)c2COc2cc[c-]cc2Cl)c1=O.[Y].[Y].[Y].[Y]. The fourth-order valence-corrected chi connectivity index (χ4v) is 11.8. The molecule has 24 nitrogen and oxygen atoms in total. The number of alkyl halides is 2. The minimum Gasteiger partial charge on any atom is -0.513 e. The van der Waals surface area contributed by atoms with E-state index in [4.69, 9.17) is 65.4 Å². The van der Waals surface area contributed by atoms with E-state index in [2.05, 4.69) is 92.8 Å². The third kappa shape index (κ3) is 21.1. The first kappa shape index (κ1) is 87.1. The normalized spacial score (nSPS) is 12.9. The van der Waals surface area contributed by atoms with E-state index in [-0.39, 0.29) is 180 Å². The van der Waals surface area contributed by atoms with Gasteiger partial charge in [-0.15, -0.1) is 24.3 Å². The maximum atomic E-state index is 13.7. The molecule has 2 saturated carbocycles. The molecular weight excluding hydrogens is 1750 g/mol. The maximum Gasteiger partial charge on any atom is 0.368 e. The van der Waals surface area contributed by atoms with Gasteiger partial charge in [-0.1, -0.05) is 75.7 Å². The number of ether oxygens (including phenoxy) is 4. The summed E-state index contributed by atoms with van der Waals surface area (Å²) in [7, 11) is 6.17. The van der Waals surface area contributed by atoms with Crippen molar-refractivity contribution in [1.82, 2.24) is 79.2 Å². The average molecular weight is 1820 g/mol. The van der Waals surface area contributed by atoms with Crippen LogP contribution in [0.1, 0.15) is 109 Å². The van der Waals surface area contributed by atoms with Gasteiger partial charge in [0, 0.05) is 211 Å². The largest absolute Gasteiger partial charge is 0.513 e. The fraction of sp³-hybridized carbons (Fsp3) is 0.278. The quantitative estimate of drug-likeness (QED) is 0.0607. The molecular formula is C72H66Cl4F2N16O8Y4-4. The Bertz CT molecular complexity index is 5070. The van der Waals surface area contributed by atoms with Crippen molar-refractivity contribution in [2.24, 2.45) is 28.2 Å². The smallest absolute Gasteiger partial charge is 0.368 e. The van der Waals surface area contributed by atoms with E-state index in [0.29, 0.717) is 89.5 Å². The van der Waals surface area contributed by atoms with Gasteiger partial charge in [0.2, 0.25) is 0 Å². The van der Waals surface area contributed by atoms with Crippen LogP contribution in [0.3, 0.4) is 0 Å². The van der Waals surface area contributed by atoms with Crippen LogP contribution in [0.5, 0.6) is 23.0 Å². The summed E-state index contributed by atoms with van der Waals surface area (Å²) in [4.78, 5) is 49.1. The summed E-state index contributed by atoms with van der Waals surface area (Å²) in [6.45, 7) is 7.07. The molecule has 0 amide bonds. The Labute approximate surface area is 728 Å². The summed E-state index contributed by atoms with van der Waals surface area (Å²) in [5.74, 6) is -0.798. The zero-order valence-electron chi connectivity index (χ0n) is 58.5. The van der Waals surface area contributed by atoms with Crippen LogP contribution >= 0.6 is 46.4 Å². The Hall–Kier alpha value is -6.12. The first-order chi connectivity index (χ1) is 49.1. The van der Waals surface area contributed by atoms with Gasteiger partial charge in [-0.3, -0.25) is 0 Å². The molecule has 0 aliphatic heterocycles. The molecule has 8 aromatic carbocycles. The molecule has 106 heavy (non-hydrogen) atoms. The van der Waals surface area contributed by atoms with Crippen LogP contribution in [0.15, 0.2) is 165 Å². The van der Waals surface area contributed by atoms with Crippen LogP contribution in [0.25, 0.3) is 22.7 Å². The second-order valence-electron chi connectivity index (χ2n) is 23.9. The Balaban J connectivity index is 0.000000195. The van der Waals surface area contributed by atoms with E-state index >= 15 is 0 Å². The van der Waals surface area contributed by atoms with Crippen LogP contribution in [-0.4, -0.2) is 85.1 Å². The number of nitrogens with zero attached hydrogens (tertiary/aromatic N) is 16. The van der Waals surface area contributed by atoms with E-state index < -0.39 is 17.5 Å². The summed E-state index contributed by atoms with van der Waals surface area (Å²) < 4.78 is 60.6. The Morgan fingerprint density at radius 1 is 0.453 bits per heavy atom. The maximum absolute atomic E-state index is 13.7. The molecule has 0 saturated heterocycles. The van der Waals surface area contributed by atoms with Crippen LogP contribution in [0, 0.1) is 24.3 Å². The summed E-state index contributed by atoms with van der Waals surface area (Å²) >= 11 is 24.5. The molecule has 34 heteroatoms. The molecule has 4 heterocycles. The average Bonchev–Trinajstić information content (AvgIpc) is 1.59. The van der Waals surface area contributed by atoms with Crippen molar-refractivity contribution >= 4 is 46.4 Å². The third-order valence-corrected chi connectivity index (χ3v) is 17.7. The minimum atomic E-state index is -2.76. The number of benzene rings is 8. The monoisotopic (exact) mass is 1820 g/mol. The predicted octanol–water partition coefficient (Wildman–Crippen LogP) is 12.1. The van der Waals surface area contributed by atoms with Crippen LogP contribution in [-0.2, 0) is 192 Å². The van der Waals surface area contributed by atoms with Crippen LogP contribution in [0.4, 0.5) is 8.78 Å². The summed E-state index contributed by atoms with van der Waals surface area (Å²) in [5.41, 5.74) is 7.95. The van der Waals surface area contributed by atoms with E-state index in [9.17, 15) is 28.0 Å². The zero-order valence-corrected chi connectivity index (χ0v) is 72.8. The molecule has 14 rings (SSSR count). The number of aromatic nitrogens is 16. The van der Waals surface area contributed by atoms with Gasteiger partial charge in [0.25, 0.3) is 5.92 Å². The van der Waals surface area contributed by atoms with Crippen molar-refractivity contribution in [1.29, 1.82) is 0 Å². The predicted molar refractivity (Wildman–Crippen MR) is 377 cm³/mol. The van der Waals surface area contributed by atoms with Crippen molar-refractivity contribution in [2.45, 2.75) is 103 Å². The Morgan fingerprint density at radius 2 is 0.764 bits per heavy atom. The molecule has 4 radical (unpaired) electrons. The molecule has 2 aliphatic carbocycles. The zero-order chi connectivity index (χ0) is 72.4. The minimum absolute atomic E-state index is 0. The number of hydrogen-bond donors (Lipinski definition) is 0.